The number of hydrogen-bond donors (Lipinski definition) is 3. The van der Waals surface area contributed by atoms with Crippen LogP contribution in [0.15, 0.2) is 41.5 Å². The Bertz CT molecular complexity index is 241. The minimum absolute atomic E-state index is 0.162. The maximum Gasteiger partial charge on any atom is 0.191 e. The summed E-state index contributed by atoms with van der Waals surface area (Å²) in [5.74, 6) is 0.214. The number of nitrogens with one attached hydrogen (secondary N) is 2. The van der Waals surface area contributed by atoms with Gasteiger partial charge in [0.15, 0.2) is 5.88 Å². The molecule has 0 bridgehead atoms. The zero-order chi connectivity index (χ0) is 9.40. The van der Waals surface area contributed by atoms with E-state index in [1.165, 1.54) is 12.2 Å². The van der Waals surface area contributed by atoms with Crippen LogP contribution in [0.2, 0.25) is 0 Å². The van der Waals surface area contributed by atoms with E-state index in [1.807, 2.05) is 0 Å². The summed E-state index contributed by atoms with van der Waals surface area (Å²) in [5.41, 5.74) is 0. The summed E-state index contributed by atoms with van der Waals surface area (Å²) in [7, 11) is 0. The van der Waals surface area contributed by atoms with Crippen LogP contribution in [0.3, 0.4) is 0 Å². The molecule has 0 fully saturated rings. The second-order valence-electron chi connectivity index (χ2n) is 1.79. The molecule has 0 aromatic rings. The Labute approximate surface area is 71.1 Å². The molecule has 64 valence electrons. The minimum atomic E-state index is -0.162. The Balaban J connectivity index is 4.30. The van der Waals surface area contributed by atoms with Gasteiger partial charge in [-0.15, -0.1) is 0 Å². The highest BCUT2D eigenvalue weighted by Gasteiger charge is 1.92. The van der Waals surface area contributed by atoms with Crippen LogP contribution in [0, 0.1) is 5.41 Å². The molecule has 0 aliphatic heterocycles. The number of allylic oxidation sites excluding steroid dienone is 3. The van der Waals surface area contributed by atoms with Gasteiger partial charge in [0.2, 0.25) is 0 Å². The van der Waals surface area contributed by atoms with Gasteiger partial charge in [-0.1, -0.05) is 12.7 Å². The largest absolute Gasteiger partial charge is 0.495 e. The van der Waals surface area contributed by atoms with Gasteiger partial charge in [-0.3, -0.25) is 0 Å². The molecule has 12 heavy (non-hydrogen) atoms. The average Bonchev–Trinajstić information content (AvgIpc) is 2.04. The first-order valence-electron chi connectivity index (χ1n) is 3.20. The first kappa shape index (κ1) is 10.2. The molecule has 0 amide bonds. The highest BCUT2D eigenvalue weighted by molar-refractivity contribution is 5.68. The number of aliphatic hydroxyl groups excluding tert-OH is 1. The number of rotatable bonds is 5. The monoisotopic (exact) mass is 165 g/mol. The van der Waals surface area contributed by atoms with E-state index in [0.717, 1.165) is 6.21 Å². The van der Waals surface area contributed by atoms with Crippen LogP contribution in [0.5, 0.6) is 0 Å². The van der Waals surface area contributed by atoms with Crippen molar-refractivity contribution in [2.45, 2.75) is 0 Å². The van der Waals surface area contributed by atoms with Crippen molar-refractivity contribution in [1.29, 1.82) is 5.41 Å². The zero-order valence-corrected chi connectivity index (χ0v) is 6.62. The van der Waals surface area contributed by atoms with Crippen molar-refractivity contribution < 1.29 is 5.11 Å². The predicted molar refractivity (Wildman–Crippen MR) is 50.5 cm³/mol. The molecule has 4 nitrogen and oxygen atoms in total. The second-order valence-corrected chi connectivity index (χ2v) is 1.79. The van der Waals surface area contributed by atoms with Crippen LogP contribution in [0.1, 0.15) is 0 Å². The van der Waals surface area contributed by atoms with Gasteiger partial charge in [0.05, 0.1) is 0 Å². The lowest BCUT2D eigenvalue weighted by atomic mass is 10.5. The third-order valence-corrected chi connectivity index (χ3v) is 0.943. The molecule has 0 rings (SSSR count). The number of aliphatic hydroxyl groups is 1. The third-order valence-electron chi connectivity index (χ3n) is 0.943. The first-order valence-corrected chi connectivity index (χ1v) is 3.20. The Morgan fingerprint density at radius 2 is 2.17 bits per heavy atom. The van der Waals surface area contributed by atoms with Crippen LogP contribution >= 0.6 is 0 Å². The van der Waals surface area contributed by atoms with Crippen molar-refractivity contribution in [3.05, 3.63) is 36.5 Å². The second kappa shape index (κ2) is 5.91. The smallest absolute Gasteiger partial charge is 0.191 e. The van der Waals surface area contributed by atoms with Gasteiger partial charge in [-0.2, -0.15) is 0 Å². The van der Waals surface area contributed by atoms with Gasteiger partial charge in [-0.25, -0.2) is 4.99 Å². The predicted octanol–water partition coefficient (Wildman–Crippen LogP) is 1.35. The molecule has 0 atom stereocenters. The van der Waals surface area contributed by atoms with Crippen molar-refractivity contribution in [2.24, 2.45) is 4.99 Å². The Morgan fingerprint density at radius 1 is 1.50 bits per heavy atom. The lowest BCUT2D eigenvalue weighted by molar-refractivity contribution is 0.378. The van der Waals surface area contributed by atoms with E-state index in [0.29, 0.717) is 5.82 Å². The summed E-state index contributed by atoms with van der Waals surface area (Å²) in [4.78, 5) is 3.55. The molecule has 0 heterocycles. The molecule has 0 aliphatic rings. The summed E-state index contributed by atoms with van der Waals surface area (Å²) >= 11 is 0. The fourth-order valence-corrected chi connectivity index (χ4v) is 0.497. The summed E-state index contributed by atoms with van der Waals surface area (Å²) in [6, 6.07) is 0. The van der Waals surface area contributed by atoms with Crippen molar-refractivity contribution in [3.63, 3.8) is 0 Å². The summed E-state index contributed by atoms with van der Waals surface area (Å²) in [6.45, 7) is 6.72. The molecule has 3 N–H and O–H groups in total. The van der Waals surface area contributed by atoms with Crippen molar-refractivity contribution >= 4 is 12.9 Å². The lowest BCUT2D eigenvalue weighted by Crippen LogP contribution is -2.10. The van der Waals surface area contributed by atoms with Gasteiger partial charge in [0.1, 0.15) is 5.82 Å². The fourth-order valence-electron chi connectivity index (χ4n) is 0.497. The molecule has 0 unspecified atom stereocenters. The normalized spacial score (nSPS) is 12.0. The molecular weight excluding hydrogens is 154 g/mol. The van der Waals surface area contributed by atoms with Gasteiger partial charge in [0, 0.05) is 12.3 Å². The molecule has 0 aliphatic carbocycles. The van der Waals surface area contributed by atoms with Gasteiger partial charge < -0.3 is 15.8 Å². The van der Waals surface area contributed by atoms with Crippen molar-refractivity contribution in [3.8, 4) is 0 Å². The molecule has 4 heteroatoms. The van der Waals surface area contributed by atoms with Crippen LogP contribution in [-0.4, -0.2) is 18.0 Å². The lowest BCUT2D eigenvalue weighted by Gasteiger charge is -2.02. The van der Waals surface area contributed by atoms with Crippen molar-refractivity contribution in [2.75, 3.05) is 0 Å². The number of nitrogens with zero attached hydrogens (tertiary/aromatic N) is 1. The molecule has 0 aromatic heterocycles. The molecule has 0 aromatic carbocycles. The van der Waals surface area contributed by atoms with E-state index in [2.05, 4.69) is 23.6 Å². The standard InChI is InChI=1S/C8H11N3O/c1-3-4-7(10-2)11-8(12)5-6-9/h3-6,9,11-12H,1-2H2/b7-4+,8-5+,9-6?. The van der Waals surface area contributed by atoms with Crippen LogP contribution < -0.4 is 5.32 Å². The van der Waals surface area contributed by atoms with E-state index in [4.69, 9.17) is 10.5 Å². The van der Waals surface area contributed by atoms with E-state index in [9.17, 15) is 0 Å². The molecular formula is C8H11N3O. The zero-order valence-electron chi connectivity index (χ0n) is 6.62. The minimum Gasteiger partial charge on any atom is -0.495 e. The van der Waals surface area contributed by atoms with Crippen LogP contribution in [0.4, 0.5) is 0 Å². The van der Waals surface area contributed by atoms with Gasteiger partial charge in [0.25, 0.3) is 0 Å². The number of aliphatic imine (C=N–C) groups is 1. The highest BCUT2D eigenvalue weighted by Crippen LogP contribution is 1.93. The Morgan fingerprint density at radius 3 is 2.58 bits per heavy atom. The summed E-state index contributed by atoms with van der Waals surface area (Å²) in [5, 5.41) is 18.2. The van der Waals surface area contributed by atoms with Gasteiger partial charge >= 0.3 is 0 Å². The maximum atomic E-state index is 9.01. The third kappa shape index (κ3) is 4.05. The Hall–Kier alpha value is -1.84. The quantitative estimate of drug-likeness (QED) is 0.327. The molecule has 0 saturated carbocycles. The molecule has 0 spiro atoms. The molecule has 0 radical (unpaired) electrons. The van der Waals surface area contributed by atoms with Crippen molar-refractivity contribution in [1.82, 2.24) is 5.32 Å². The average molecular weight is 165 g/mol. The summed E-state index contributed by atoms with van der Waals surface area (Å²) < 4.78 is 0. The maximum absolute atomic E-state index is 9.01. The van der Waals surface area contributed by atoms with E-state index < -0.39 is 0 Å². The van der Waals surface area contributed by atoms with Crippen LogP contribution in [-0.2, 0) is 0 Å². The first-order chi connectivity index (χ1) is 5.74. The SMILES string of the molecule is C=C/C=C(\N=C)N/C(O)=C\C=N. The van der Waals surface area contributed by atoms with E-state index in [-0.39, 0.29) is 5.88 Å². The number of hydrogen-bond acceptors (Lipinski definition) is 4. The topological polar surface area (TPSA) is 68.5 Å². The van der Waals surface area contributed by atoms with Gasteiger partial charge in [-0.05, 0) is 12.8 Å². The fraction of sp³-hybridized carbons (Fsp3) is 0. The highest BCUT2D eigenvalue weighted by atomic mass is 16.3. The van der Waals surface area contributed by atoms with E-state index >= 15 is 0 Å². The van der Waals surface area contributed by atoms with Crippen LogP contribution in [0.25, 0.3) is 0 Å². The summed E-state index contributed by atoms with van der Waals surface area (Å²) in [6.07, 6.45) is 5.19. The molecule has 0 saturated heterocycles. The Kier molecular flexibility index (Phi) is 5.00. The van der Waals surface area contributed by atoms with E-state index in [1.54, 1.807) is 6.08 Å².